The second-order valence-electron chi connectivity index (χ2n) is 5.14. The number of nitrogens with one attached hydrogen (secondary N) is 2. The van der Waals surface area contributed by atoms with Crippen LogP contribution in [-0.4, -0.2) is 16.1 Å². The van der Waals surface area contributed by atoms with E-state index in [0.29, 0.717) is 6.42 Å². The van der Waals surface area contributed by atoms with E-state index in [1.165, 1.54) is 0 Å². The highest BCUT2D eigenvalue weighted by Crippen LogP contribution is 2.30. The van der Waals surface area contributed by atoms with Crippen LogP contribution < -0.4 is 5.32 Å². The maximum absolute atomic E-state index is 11.4. The van der Waals surface area contributed by atoms with Gasteiger partial charge in [0.1, 0.15) is 0 Å². The van der Waals surface area contributed by atoms with E-state index in [4.69, 9.17) is 0 Å². The number of aromatic nitrogens is 2. The fourth-order valence-electron chi connectivity index (χ4n) is 2.67. The van der Waals surface area contributed by atoms with Crippen LogP contribution in [0, 0.1) is 0 Å². The predicted molar refractivity (Wildman–Crippen MR) is 81.8 cm³/mol. The molecular formula is C17H13N3O. The molecule has 0 radical (unpaired) electrons. The van der Waals surface area contributed by atoms with Gasteiger partial charge in [-0.3, -0.25) is 9.89 Å². The summed E-state index contributed by atoms with van der Waals surface area (Å²) in [6.07, 6.45) is 2.21. The standard InChI is InChI=1S/C17H13N3O/c21-17-10-14-9-13(5-6-15(14)19-17)11-1-3-12(4-2-11)16-7-8-18-20-16/h1-9H,10H2,(H,18,20)(H,19,21). The van der Waals surface area contributed by atoms with Crippen LogP contribution in [0.15, 0.2) is 54.7 Å². The topological polar surface area (TPSA) is 57.8 Å². The van der Waals surface area contributed by atoms with Gasteiger partial charge in [-0.15, -0.1) is 0 Å². The zero-order valence-corrected chi connectivity index (χ0v) is 11.3. The zero-order chi connectivity index (χ0) is 14.2. The number of aromatic amines is 1. The van der Waals surface area contributed by atoms with Crippen molar-refractivity contribution in [2.24, 2.45) is 0 Å². The molecule has 0 saturated carbocycles. The van der Waals surface area contributed by atoms with E-state index >= 15 is 0 Å². The molecule has 0 aliphatic carbocycles. The molecule has 4 nitrogen and oxygen atoms in total. The first-order chi connectivity index (χ1) is 10.3. The number of fused-ring (bicyclic) bond motifs is 1. The molecule has 0 unspecified atom stereocenters. The van der Waals surface area contributed by atoms with Crippen molar-refractivity contribution < 1.29 is 4.79 Å². The van der Waals surface area contributed by atoms with Crippen molar-refractivity contribution in [1.29, 1.82) is 0 Å². The number of rotatable bonds is 2. The minimum atomic E-state index is 0.0664. The van der Waals surface area contributed by atoms with Gasteiger partial charge < -0.3 is 5.32 Å². The number of carbonyl (C=O) groups is 1. The number of hydrogen-bond acceptors (Lipinski definition) is 2. The van der Waals surface area contributed by atoms with Crippen LogP contribution in [0.2, 0.25) is 0 Å². The number of carbonyl (C=O) groups excluding carboxylic acids is 1. The highest BCUT2D eigenvalue weighted by atomic mass is 16.1. The van der Waals surface area contributed by atoms with Gasteiger partial charge in [0.2, 0.25) is 5.91 Å². The molecule has 2 aromatic carbocycles. The average molecular weight is 275 g/mol. The van der Waals surface area contributed by atoms with Crippen molar-refractivity contribution in [3.8, 4) is 22.4 Å². The first kappa shape index (κ1) is 11.9. The summed E-state index contributed by atoms with van der Waals surface area (Å²) in [5, 5.41) is 9.77. The third-order valence-corrected chi connectivity index (χ3v) is 3.76. The largest absolute Gasteiger partial charge is 0.326 e. The Bertz CT molecular complexity index is 805. The van der Waals surface area contributed by atoms with E-state index in [9.17, 15) is 4.79 Å². The van der Waals surface area contributed by atoms with Crippen LogP contribution in [0.1, 0.15) is 5.56 Å². The van der Waals surface area contributed by atoms with Crippen LogP contribution in [0.5, 0.6) is 0 Å². The highest BCUT2D eigenvalue weighted by Gasteiger charge is 2.17. The van der Waals surface area contributed by atoms with E-state index < -0.39 is 0 Å². The minimum Gasteiger partial charge on any atom is -0.326 e. The van der Waals surface area contributed by atoms with Gasteiger partial charge in [0.25, 0.3) is 0 Å². The summed E-state index contributed by atoms with van der Waals surface area (Å²) < 4.78 is 0. The van der Waals surface area contributed by atoms with Gasteiger partial charge in [-0.05, 0) is 40.5 Å². The molecule has 4 rings (SSSR count). The lowest BCUT2D eigenvalue weighted by Gasteiger charge is -2.06. The Labute approximate surface area is 121 Å². The molecule has 1 aliphatic rings. The summed E-state index contributed by atoms with van der Waals surface area (Å²) in [6, 6.07) is 16.3. The molecule has 4 heteroatoms. The minimum absolute atomic E-state index is 0.0664. The van der Waals surface area contributed by atoms with Crippen molar-refractivity contribution in [1.82, 2.24) is 10.2 Å². The lowest BCUT2D eigenvalue weighted by atomic mass is 10.00. The SMILES string of the molecule is O=C1Cc2cc(-c3ccc(-c4ccn[nH]4)cc3)ccc2N1. The molecule has 21 heavy (non-hydrogen) atoms. The monoisotopic (exact) mass is 275 g/mol. The summed E-state index contributed by atoms with van der Waals surface area (Å²) in [6.45, 7) is 0. The lowest BCUT2D eigenvalue weighted by molar-refractivity contribution is -0.115. The summed E-state index contributed by atoms with van der Waals surface area (Å²) in [7, 11) is 0. The van der Waals surface area contributed by atoms with Crippen LogP contribution in [0.3, 0.4) is 0 Å². The molecule has 0 saturated heterocycles. The number of benzene rings is 2. The molecule has 2 N–H and O–H groups in total. The fourth-order valence-corrected chi connectivity index (χ4v) is 2.67. The molecule has 1 amide bonds. The van der Waals surface area contributed by atoms with Gasteiger partial charge in [-0.25, -0.2) is 0 Å². The number of H-pyrrole nitrogens is 1. The summed E-state index contributed by atoms with van der Waals surface area (Å²) >= 11 is 0. The Hall–Kier alpha value is -2.88. The Morgan fingerprint density at radius 3 is 2.43 bits per heavy atom. The van der Waals surface area contributed by atoms with Crippen LogP contribution >= 0.6 is 0 Å². The second-order valence-corrected chi connectivity index (χ2v) is 5.14. The molecule has 0 bridgehead atoms. The van der Waals surface area contributed by atoms with E-state index in [1.807, 2.05) is 18.2 Å². The Kier molecular flexibility index (Phi) is 2.60. The zero-order valence-electron chi connectivity index (χ0n) is 11.3. The Balaban J connectivity index is 1.68. The Morgan fingerprint density at radius 1 is 0.905 bits per heavy atom. The fraction of sp³-hybridized carbons (Fsp3) is 0.0588. The number of nitrogens with zero attached hydrogens (tertiary/aromatic N) is 1. The molecule has 3 aromatic rings. The summed E-state index contributed by atoms with van der Waals surface area (Å²) in [5.41, 5.74) is 6.37. The maximum Gasteiger partial charge on any atom is 0.228 e. The first-order valence-electron chi connectivity index (χ1n) is 6.82. The quantitative estimate of drug-likeness (QED) is 0.754. The summed E-state index contributed by atoms with van der Waals surface area (Å²) in [5.74, 6) is 0.0664. The molecule has 102 valence electrons. The number of hydrogen-bond donors (Lipinski definition) is 2. The molecule has 1 aliphatic heterocycles. The van der Waals surface area contributed by atoms with Crippen LogP contribution in [-0.2, 0) is 11.2 Å². The first-order valence-corrected chi connectivity index (χ1v) is 6.82. The van der Waals surface area contributed by atoms with E-state index in [0.717, 1.165) is 33.6 Å². The number of amides is 1. The highest BCUT2D eigenvalue weighted by molar-refractivity contribution is 5.99. The van der Waals surface area contributed by atoms with Gasteiger partial charge in [0.15, 0.2) is 0 Å². The molecule has 0 atom stereocenters. The molecule has 0 fully saturated rings. The second kappa shape index (κ2) is 4.59. The van der Waals surface area contributed by atoms with Gasteiger partial charge in [-0.1, -0.05) is 30.3 Å². The lowest BCUT2D eigenvalue weighted by Crippen LogP contribution is -2.03. The summed E-state index contributed by atoms with van der Waals surface area (Å²) in [4.78, 5) is 11.4. The van der Waals surface area contributed by atoms with Gasteiger partial charge in [0, 0.05) is 11.9 Å². The van der Waals surface area contributed by atoms with Gasteiger partial charge in [-0.2, -0.15) is 5.10 Å². The average Bonchev–Trinajstić information content (AvgIpc) is 3.15. The van der Waals surface area contributed by atoms with E-state index in [1.54, 1.807) is 6.20 Å². The van der Waals surface area contributed by atoms with Crippen LogP contribution in [0.25, 0.3) is 22.4 Å². The smallest absolute Gasteiger partial charge is 0.228 e. The van der Waals surface area contributed by atoms with Gasteiger partial charge >= 0.3 is 0 Å². The molecular weight excluding hydrogens is 262 g/mol. The third kappa shape index (κ3) is 2.10. The van der Waals surface area contributed by atoms with Gasteiger partial charge in [0.05, 0.1) is 12.1 Å². The van der Waals surface area contributed by atoms with Crippen molar-refractivity contribution >= 4 is 11.6 Å². The molecule has 0 spiro atoms. The van der Waals surface area contributed by atoms with Crippen LogP contribution in [0.4, 0.5) is 5.69 Å². The number of anilines is 1. The van der Waals surface area contributed by atoms with Crippen molar-refractivity contribution in [2.75, 3.05) is 5.32 Å². The van der Waals surface area contributed by atoms with Crippen molar-refractivity contribution in [2.45, 2.75) is 6.42 Å². The third-order valence-electron chi connectivity index (χ3n) is 3.76. The van der Waals surface area contributed by atoms with E-state index in [2.05, 4.69) is 45.8 Å². The Morgan fingerprint density at radius 2 is 1.67 bits per heavy atom. The van der Waals surface area contributed by atoms with E-state index in [-0.39, 0.29) is 5.91 Å². The van der Waals surface area contributed by atoms with Crippen molar-refractivity contribution in [3.05, 3.63) is 60.3 Å². The normalized spacial score (nSPS) is 13.0. The van der Waals surface area contributed by atoms with Crippen molar-refractivity contribution in [3.63, 3.8) is 0 Å². The predicted octanol–water partition coefficient (Wildman–Crippen LogP) is 3.24. The maximum atomic E-state index is 11.4. The molecule has 1 aromatic heterocycles. The molecule has 2 heterocycles.